The third-order valence-corrected chi connectivity index (χ3v) is 20.9. The van der Waals surface area contributed by atoms with Gasteiger partial charge < -0.3 is 14.5 Å². The van der Waals surface area contributed by atoms with Gasteiger partial charge in [-0.05, 0) is 126 Å². The van der Waals surface area contributed by atoms with Gasteiger partial charge in [-0.15, -0.1) is 0 Å². The SMILES string of the molecule is [C-]#[N+]c1cccc(-c2cccc3c2N(c2cc(C(C)(C)C)cc(C(C)(C)C)c2)CN3c2cccc(Oc3ccc4c5cc([Si](c6ccccc6)(c6ccccc6)c6ccccc6)ccc5n(-c5cc(C(C)(C)C)ccn5)c4c3)c2)c1. The molecule has 12 rings (SSSR count). The van der Waals surface area contributed by atoms with Gasteiger partial charge in [0.1, 0.15) is 24.0 Å². The Labute approximate surface area is 473 Å². The first-order chi connectivity index (χ1) is 38.5. The van der Waals surface area contributed by atoms with Crippen LogP contribution in [0.2, 0.25) is 0 Å². The molecule has 9 aromatic carbocycles. The topological polar surface area (TPSA) is 37.9 Å². The van der Waals surface area contributed by atoms with E-state index in [2.05, 4.69) is 282 Å². The van der Waals surface area contributed by atoms with E-state index in [0.717, 1.165) is 73.0 Å². The quantitative estimate of drug-likeness (QED) is 0.0777. The third-order valence-electron chi connectivity index (χ3n) is 16.1. The van der Waals surface area contributed by atoms with Crippen LogP contribution in [0.25, 0.3) is 43.6 Å². The predicted molar refractivity (Wildman–Crippen MR) is 339 cm³/mol. The van der Waals surface area contributed by atoms with Crippen LogP contribution in [-0.2, 0) is 16.2 Å². The van der Waals surface area contributed by atoms with Crippen molar-refractivity contribution in [3.63, 3.8) is 0 Å². The number of nitrogens with zero attached hydrogens (tertiary/aromatic N) is 5. The molecule has 0 bridgehead atoms. The van der Waals surface area contributed by atoms with Gasteiger partial charge in [0.05, 0.1) is 29.0 Å². The van der Waals surface area contributed by atoms with Crippen LogP contribution in [0, 0.1) is 6.57 Å². The maximum absolute atomic E-state index is 7.88. The second kappa shape index (κ2) is 20.0. The largest absolute Gasteiger partial charge is 0.457 e. The van der Waals surface area contributed by atoms with Crippen LogP contribution in [0.1, 0.15) is 79.0 Å². The minimum atomic E-state index is -2.85. The van der Waals surface area contributed by atoms with E-state index in [1.165, 1.54) is 37.4 Å². The fourth-order valence-electron chi connectivity index (χ4n) is 11.8. The number of ether oxygens (including phenoxy) is 1. The Morgan fingerprint density at radius 2 is 1.07 bits per heavy atom. The molecule has 0 unspecified atom stereocenters. The van der Waals surface area contributed by atoms with Gasteiger partial charge in [0.2, 0.25) is 0 Å². The summed E-state index contributed by atoms with van der Waals surface area (Å²) in [6.45, 7) is 29.0. The van der Waals surface area contributed by atoms with E-state index in [0.29, 0.717) is 12.4 Å². The molecule has 2 aromatic heterocycles. The highest BCUT2D eigenvalue weighted by Crippen LogP contribution is 2.51. The van der Waals surface area contributed by atoms with Crippen LogP contribution in [0.5, 0.6) is 11.5 Å². The summed E-state index contributed by atoms with van der Waals surface area (Å²) in [4.78, 5) is 13.8. The number of para-hydroxylation sites is 1. The maximum atomic E-state index is 7.88. The van der Waals surface area contributed by atoms with E-state index in [1.54, 1.807) is 0 Å². The molecule has 1 aliphatic rings. The summed E-state index contributed by atoms with van der Waals surface area (Å²) < 4.78 is 9.36. The monoisotopic (exact) mass is 1060 g/mol. The first kappa shape index (κ1) is 51.8. The molecule has 0 radical (unpaired) electrons. The Kier molecular flexibility index (Phi) is 13.0. The average Bonchev–Trinajstić information content (AvgIpc) is 4.11. The zero-order valence-electron chi connectivity index (χ0n) is 47.3. The molecule has 0 atom stereocenters. The van der Waals surface area contributed by atoms with Crippen molar-refractivity contribution in [1.29, 1.82) is 0 Å². The second-order valence-corrected chi connectivity index (χ2v) is 28.3. The summed E-state index contributed by atoms with van der Waals surface area (Å²) in [5.41, 5.74) is 12.7. The van der Waals surface area contributed by atoms with Gasteiger partial charge in [0.25, 0.3) is 0 Å². The summed E-state index contributed by atoms with van der Waals surface area (Å²) in [6.07, 6.45) is 1.95. The molecular formula is C73H67N5OSi. The molecule has 0 saturated heterocycles. The van der Waals surface area contributed by atoms with Gasteiger partial charge in [-0.3, -0.25) is 4.57 Å². The second-order valence-electron chi connectivity index (χ2n) is 24.4. The first-order valence-corrected chi connectivity index (χ1v) is 29.8. The Morgan fingerprint density at radius 3 is 1.70 bits per heavy atom. The number of pyridine rings is 1. The highest BCUT2D eigenvalue weighted by molar-refractivity contribution is 7.20. The Hall–Kier alpha value is -8.96. The van der Waals surface area contributed by atoms with E-state index in [9.17, 15) is 0 Å². The van der Waals surface area contributed by atoms with Crippen LogP contribution in [0.15, 0.2) is 231 Å². The van der Waals surface area contributed by atoms with Gasteiger partial charge in [-0.1, -0.05) is 208 Å². The summed E-state index contributed by atoms with van der Waals surface area (Å²) >= 11 is 0. The molecule has 0 N–H and O–H groups in total. The Morgan fingerprint density at radius 1 is 0.463 bits per heavy atom. The molecule has 0 spiro atoms. The lowest BCUT2D eigenvalue weighted by Gasteiger charge is -2.34. The molecule has 0 saturated carbocycles. The molecule has 0 fully saturated rings. The molecule has 80 heavy (non-hydrogen) atoms. The van der Waals surface area contributed by atoms with Crippen molar-refractivity contribution < 1.29 is 4.74 Å². The lowest BCUT2D eigenvalue weighted by atomic mass is 9.80. The van der Waals surface area contributed by atoms with Crippen molar-refractivity contribution >= 4 is 79.1 Å². The number of rotatable bonds is 10. The molecule has 3 heterocycles. The number of aromatic nitrogens is 2. The van der Waals surface area contributed by atoms with Crippen molar-refractivity contribution in [1.82, 2.24) is 9.55 Å². The standard InChI is InChI=1S/C73H67N5OSi/c1-71(2,3)51-39-40-75-69(45-51)78-66-38-36-62(80(59-27-14-11-15-28-59,60-29-16-12-17-30-60)61-31-18-13-19-32-61)48-65(66)64-37-35-58(47-68(64)78)79-57-26-21-25-55(46-57)76-49-77(56-43-52(72(4,5)6)42-53(44-56)73(7,8)9)70-63(33-22-34-67(70)76)50-23-20-24-54(41-50)74-10/h11-48H,49H2,1-9H3. The van der Waals surface area contributed by atoms with Crippen molar-refractivity contribution in [2.24, 2.45) is 0 Å². The normalized spacial score (nSPS) is 12.9. The highest BCUT2D eigenvalue weighted by atomic mass is 28.3. The van der Waals surface area contributed by atoms with Crippen LogP contribution in [0.3, 0.4) is 0 Å². The molecule has 394 valence electrons. The van der Waals surface area contributed by atoms with Crippen LogP contribution < -0.4 is 35.3 Å². The van der Waals surface area contributed by atoms with Crippen LogP contribution in [-0.4, -0.2) is 24.3 Å². The molecule has 7 heteroatoms. The Balaban J connectivity index is 0.994. The van der Waals surface area contributed by atoms with Crippen LogP contribution in [0.4, 0.5) is 28.4 Å². The molecule has 0 aliphatic carbocycles. The van der Waals surface area contributed by atoms with E-state index in [4.69, 9.17) is 16.3 Å². The van der Waals surface area contributed by atoms with Gasteiger partial charge in [0.15, 0.2) is 13.8 Å². The summed E-state index contributed by atoms with van der Waals surface area (Å²) in [6, 6.07) is 81.6. The van der Waals surface area contributed by atoms with Crippen LogP contribution >= 0.6 is 0 Å². The van der Waals surface area contributed by atoms with E-state index in [-0.39, 0.29) is 16.2 Å². The lowest BCUT2D eigenvalue weighted by Crippen LogP contribution is -2.74. The molecule has 1 aliphatic heterocycles. The smallest absolute Gasteiger partial charge is 0.187 e. The van der Waals surface area contributed by atoms with Crippen molar-refractivity contribution in [3.8, 4) is 28.4 Å². The number of anilines is 4. The van der Waals surface area contributed by atoms with Crippen molar-refractivity contribution in [2.75, 3.05) is 16.5 Å². The number of hydrogen-bond acceptors (Lipinski definition) is 4. The van der Waals surface area contributed by atoms with E-state index < -0.39 is 8.07 Å². The zero-order valence-corrected chi connectivity index (χ0v) is 48.3. The Bertz CT molecular complexity index is 4030. The minimum Gasteiger partial charge on any atom is -0.457 e. The van der Waals surface area contributed by atoms with Crippen molar-refractivity contribution in [2.45, 2.75) is 78.6 Å². The fraction of sp³-hybridized carbons (Fsp3) is 0.178. The lowest BCUT2D eigenvalue weighted by molar-refractivity contribution is 0.483. The average molecular weight is 1060 g/mol. The summed E-state index contributed by atoms with van der Waals surface area (Å²) in [5.74, 6) is 2.32. The zero-order chi connectivity index (χ0) is 55.6. The van der Waals surface area contributed by atoms with Gasteiger partial charge in [-0.25, -0.2) is 9.83 Å². The molecule has 11 aromatic rings. The number of fused-ring (bicyclic) bond motifs is 4. The number of hydrogen-bond donors (Lipinski definition) is 0. The fourth-order valence-corrected chi connectivity index (χ4v) is 16.6. The molecule has 6 nitrogen and oxygen atoms in total. The highest BCUT2D eigenvalue weighted by Gasteiger charge is 2.42. The van der Waals surface area contributed by atoms with Gasteiger partial charge >= 0.3 is 0 Å². The van der Waals surface area contributed by atoms with Gasteiger partial charge in [0, 0.05) is 46.0 Å². The minimum absolute atomic E-state index is 0.0682. The number of benzene rings is 9. The summed E-state index contributed by atoms with van der Waals surface area (Å²) in [7, 11) is -2.85. The molecule has 0 amide bonds. The van der Waals surface area contributed by atoms with E-state index >= 15 is 0 Å². The first-order valence-electron chi connectivity index (χ1n) is 27.8. The van der Waals surface area contributed by atoms with E-state index in [1.807, 2.05) is 30.5 Å². The predicted octanol–water partition coefficient (Wildman–Crippen LogP) is 16.7. The van der Waals surface area contributed by atoms with Crippen molar-refractivity contribution in [3.05, 3.63) is 259 Å². The molecular weight excluding hydrogens is 991 g/mol. The van der Waals surface area contributed by atoms with Gasteiger partial charge in [-0.2, -0.15) is 0 Å². The maximum Gasteiger partial charge on any atom is 0.187 e. The third kappa shape index (κ3) is 9.33. The summed E-state index contributed by atoms with van der Waals surface area (Å²) in [5, 5.41) is 7.59.